The average Bonchev–Trinajstić information content (AvgIpc) is 3.57. The molecule has 8 heteroatoms. The van der Waals surface area contributed by atoms with E-state index in [2.05, 4.69) is 27.3 Å². The molecule has 180 valence electrons. The SMILES string of the molecule is CC1CN(C2COc3cc(C(F)(F)F)ccc3C2Nc2cccc3[nH]c(C4CC4)cc23)CCO1. The molecule has 1 aliphatic carbocycles. The molecule has 2 aliphatic heterocycles. The van der Waals surface area contributed by atoms with Crippen molar-refractivity contribution in [2.75, 3.05) is 31.6 Å². The fourth-order valence-corrected chi connectivity index (χ4v) is 5.29. The molecule has 3 aliphatic rings. The number of morpholine rings is 1. The van der Waals surface area contributed by atoms with Gasteiger partial charge in [-0.3, -0.25) is 4.90 Å². The smallest absolute Gasteiger partial charge is 0.416 e. The van der Waals surface area contributed by atoms with E-state index in [1.165, 1.54) is 18.5 Å². The molecule has 2 N–H and O–H groups in total. The third-order valence-corrected chi connectivity index (χ3v) is 7.22. The molecule has 1 saturated carbocycles. The van der Waals surface area contributed by atoms with Crippen molar-refractivity contribution in [2.24, 2.45) is 0 Å². The zero-order chi connectivity index (χ0) is 23.4. The van der Waals surface area contributed by atoms with E-state index >= 15 is 0 Å². The monoisotopic (exact) mass is 471 g/mol. The number of rotatable bonds is 4. The Bertz CT molecular complexity index is 1200. The van der Waals surface area contributed by atoms with E-state index in [9.17, 15) is 13.2 Å². The number of H-pyrrole nitrogens is 1. The van der Waals surface area contributed by atoms with Crippen molar-refractivity contribution in [3.05, 3.63) is 59.3 Å². The molecule has 0 radical (unpaired) electrons. The highest BCUT2D eigenvalue weighted by Crippen LogP contribution is 2.44. The van der Waals surface area contributed by atoms with Gasteiger partial charge < -0.3 is 19.8 Å². The van der Waals surface area contributed by atoms with E-state index < -0.39 is 11.7 Å². The van der Waals surface area contributed by atoms with Crippen LogP contribution in [-0.4, -0.2) is 48.3 Å². The van der Waals surface area contributed by atoms with Gasteiger partial charge in [0.15, 0.2) is 0 Å². The summed E-state index contributed by atoms with van der Waals surface area (Å²) in [4.78, 5) is 5.87. The first-order valence-corrected chi connectivity index (χ1v) is 11.9. The first kappa shape index (κ1) is 21.8. The van der Waals surface area contributed by atoms with Crippen molar-refractivity contribution >= 4 is 16.6 Å². The molecule has 2 fully saturated rings. The lowest BCUT2D eigenvalue weighted by Gasteiger charge is -2.44. The van der Waals surface area contributed by atoms with Gasteiger partial charge in [0.1, 0.15) is 12.4 Å². The number of aromatic nitrogens is 1. The van der Waals surface area contributed by atoms with Gasteiger partial charge in [0, 0.05) is 40.9 Å². The van der Waals surface area contributed by atoms with Gasteiger partial charge in [-0.15, -0.1) is 0 Å². The Labute approximate surface area is 196 Å². The Morgan fingerprint density at radius 1 is 1.12 bits per heavy atom. The molecular formula is C26H28F3N3O2. The number of fused-ring (bicyclic) bond motifs is 2. The Kier molecular flexibility index (Phi) is 5.26. The van der Waals surface area contributed by atoms with E-state index in [-0.39, 0.29) is 18.2 Å². The van der Waals surface area contributed by atoms with Crippen molar-refractivity contribution in [3.8, 4) is 5.75 Å². The van der Waals surface area contributed by atoms with E-state index in [1.807, 2.05) is 19.1 Å². The fraction of sp³-hybridized carbons (Fsp3) is 0.462. The zero-order valence-electron chi connectivity index (χ0n) is 19.0. The molecule has 0 spiro atoms. The topological polar surface area (TPSA) is 49.5 Å². The Morgan fingerprint density at radius 3 is 2.74 bits per heavy atom. The highest BCUT2D eigenvalue weighted by molar-refractivity contribution is 5.93. The highest BCUT2D eigenvalue weighted by atomic mass is 19.4. The second-order valence-electron chi connectivity index (χ2n) is 9.69. The Morgan fingerprint density at radius 2 is 1.97 bits per heavy atom. The summed E-state index contributed by atoms with van der Waals surface area (Å²) >= 11 is 0. The lowest BCUT2D eigenvalue weighted by atomic mass is 9.92. The summed E-state index contributed by atoms with van der Waals surface area (Å²) in [6, 6.07) is 11.9. The van der Waals surface area contributed by atoms with Crippen molar-refractivity contribution in [1.29, 1.82) is 0 Å². The predicted molar refractivity (Wildman–Crippen MR) is 124 cm³/mol. The van der Waals surface area contributed by atoms with Crippen LogP contribution in [0, 0.1) is 0 Å². The number of ether oxygens (including phenoxy) is 2. The minimum atomic E-state index is -4.41. The molecule has 34 heavy (non-hydrogen) atoms. The zero-order valence-corrected chi connectivity index (χ0v) is 19.0. The molecule has 3 unspecified atom stereocenters. The van der Waals surface area contributed by atoms with Crippen molar-refractivity contribution in [3.63, 3.8) is 0 Å². The number of hydrogen-bond donors (Lipinski definition) is 2. The van der Waals surface area contributed by atoms with Gasteiger partial charge in [0.2, 0.25) is 0 Å². The van der Waals surface area contributed by atoms with Crippen LogP contribution in [-0.2, 0) is 10.9 Å². The van der Waals surface area contributed by atoms with Gasteiger partial charge in [-0.2, -0.15) is 13.2 Å². The summed E-state index contributed by atoms with van der Waals surface area (Å²) < 4.78 is 51.8. The Hall–Kier alpha value is -2.71. The molecule has 3 aromatic rings. The molecule has 2 aromatic carbocycles. The van der Waals surface area contributed by atoms with Crippen molar-refractivity contribution < 1.29 is 22.6 Å². The van der Waals surface area contributed by atoms with Crippen LogP contribution in [0.15, 0.2) is 42.5 Å². The van der Waals surface area contributed by atoms with Crippen molar-refractivity contribution in [2.45, 2.75) is 50.0 Å². The number of aromatic amines is 1. The first-order valence-electron chi connectivity index (χ1n) is 11.9. The van der Waals surface area contributed by atoms with Crippen LogP contribution in [0.5, 0.6) is 5.75 Å². The summed E-state index contributed by atoms with van der Waals surface area (Å²) in [5.41, 5.74) is 3.36. The van der Waals surface area contributed by atoms with Crippen molar-refractivity contribution in [1.82, 2.24) is 9.88 Å². The summed E-state index contributed by atoms with van der Waals surface area (Å²) in [6.07, 6.45) is -1.89. The standard InChI is InChI=1S/C26H28F3N3O2/c1-15-13-32(9-10-33-15)23-14-34-24-11-17(26(27,28)29)7-8-18(24)25(23)31-21-4-2-3-20-19(21)12-22(30-20)16-5-6-16/h2-4,7-8,11-12,15-16,23,25,30-31H,5-6,9-10,13-14H2,1H3. The van der Waals surface area contributed by atoms with Gasteiger partial charge >= 0.3 is 6.18 Å². The molecule has 0 bridgehead atoms. The van der Waals surface area contributed by atoms with Crippen LogP contribution in [0.2, 0.25) is 0 Å². The number of anilines is 1. The molecule has 3 atom stereocenters. The number of benzene rings is 2. The third-order valence-electron chi connectivity index (χ3n) is 7.22. The summed E-state index contributed by atoms with van der Waals surface area (Å²) in [7, 11) is 0. The summed E-state index contributed by atoms with van der Waals surface area (Å²) in [5.74, 6) is 0.900. The molecule has 1 aromatic heterocycles. The maximum absolute atomic E-state index is 13.4. The second kappa shape index (κ2) is 8.20. The fourth-order valence-electron chi connectivity index (χ4n) is 5.29. The first-order chi connectivity index (χ1) is 16.4. The second-order valence-corrected chi connectivity index (χ2v) is 9.69. The number of hydrogen-bond acceptors (Lipinski definition) is 4. The van der Waals surface area contributed by atoms with Crippen LogP contribution in [0.4, 0.5) is 18.9 Å². The summed E-state index contributed by atoms with van der Waals surface area (Å²) in [5, 5.41) is 4.82. The molecular weight excluding hydrogens is 443 g/mol. The minimum Gasteiger partial charge on any atom is -0.491 e. The summed E-state index contributed by atoms with van der Waals surface area (Å²) in [6.45, 7) is 4.49. The molecule has 6 rings (SSSR count). The number of nitrogens with one attached hydrogen (secondary N) is 2. The van der Waals surface area contributed by atoms with E-state index in [1.54, 1.807) is 6.07 Å². The quantitative estimate of drug-likeness (QED) is 0.513. The van der Waals surface area contributed by atoms with Gasteiger partial charge in [-0.1, -0.05) is 12.1 Å². The predicted octanol–water partition coefficient (Wildman–Crippen LogP) is 5.70. The molecule has 1 saturated heterocycles. The molecule has 3 heterocycles. The average molecular weight is 472 g/mol. The normalized spacial score (nSPS) is 25.7. The van der Waals surface area contributed by atoms with Gasteiger partial charge in [0.25, 0.3) is 0 Å². The maximum atomic E-state index is 13.4. The van der Waals surface area contributed by atoms with Crippen LogP contribution in [0.1, 0.15) is 48.5 Å². The molecule has 5 nitrogen and oxygen atoms in total. The molecule has 0 amide bonds. The minimum absolute atomic E-state index is 0.0345. The van der Waals surface area contributed by atoms with Crippen LogP contribution in [0.3, 0.4) is 0 Å². The van der Waals surface area contributed by atoms with E-state index in [0.29, 0.717) is 24.9 Å². The van der Waals surface area contributed by atoms with E-state index in [4.69, 9.17) is 9.47 Å². The van der Waals surface area contributed by atoms with E-state index in [0.717, 1.165) is 47.4 Å². The number of halogens is 3. The lowest BCUT2D eigenvalue weighted by molar-refractivity contribution is -0.137. The maximum Gasteiger partial charge on any atom is 0.416 e. The van der Waals surface area contributed by atoms with Crippen LogP contribution in [0.25, 0.3) is 10.9 Å². The Balaban J connectivity index is 1.39. The highest BCUT2D eigenvalue weighted by Gasteiger charge is 2.39. The number of alkyl halides is 3. The third kappa shape index (κ3) is 4.03. The van der Waals surface area contributed by atoms with Gasteiger partial charge in [-0.25, -0.2) is 0 Å². The largest absolute Gasteiger partial charge is 0.491 e. The van der Waals surface area contributed by atoms with Crippen LogP contribution < -0.4 is 10.1 Å². The lowest BCUT2D eigenvalue weighted by Crippen LogP contribution is -2.54. The van der Waals surface area contributed by atoms with Crippen LogP contribution >= 0.6 is 0 Å². The number of nitrogens with zero attached hydrogens (tertiary/aromatic N) is 1. The van der Waals surface area contributed by atoms with Gasteiger partial charge in [0.05, 0.1) is 30.4 Å². The van der Waals surface area contributed by atoms with Gasteiger partial charge in [-0.05, 0) is 56.0 Å².